The van der Waals surface area contributed by atoms with Crippen LogP contribution in [-0.2, 0) is 0 Å². The molecule has 0 amide bonds. The number of carbonyl (C=O) groups is 1. The van der Waals surface area contributed by atoms with Crippen molar-refractivity contribution in [2.75, 3.05) is 0 Å². The monoisotopic (exact) mass is 294 g/mol. The van der Waals surface area contributed by atoms with Gasteiger partial charge in [0.05, 0.1) is 21.4 Å². The fraction of sp³-hybridized carbons (Fsp3) is 0. The second-order valence-electron chi connectivity index (χ2n) is 3.66. The Bertz CT molecular complexity index is 676. The zero-order valence-corrected chi connectivity index (χ0v) is 10.6. The van der Waals surface area contributed by atoms with Crippen molar-refractivity contribution in [2.24, 2.45) is 0 Å². The highest BCUT2D eigenvalue weighted by atomic mass is 32.2. The second-order valence-corrected chi connectivity index (χ2v) is 4.73. The molecule has 0 bridgehead atoms. The Morgan fingerprint density at radius 1 is 1.35 bits per heavy atom. The van der Waals surface area contributed by atoms with Gasteiger partial charge in [-0.3, -0.25) is 10.1 Å². The molecule has 0 saturated carbocycles. The Balaban J connectivity index is 2.21. The Kier molecular flexibility index (Phi) is 3.94. The van der Waals surface area contributed by atoms with Crippen LogP contribution in [0.4, 0.5) is 10.1 Å². The summed E-state index contributed by atoms with van der Waals surface area (Å²) in [6, 6.07) is 6.09. The van der Waals surface area contributed by atoms with Crippen LogP contribution >= 0.6 is 11.8 Å². The summed E-state index contributed by atoms with van der Waals surface area (Å²) in [5.41, 5.74) is -0.306. The quantitative estimate of drug-likeness (QED) is 0.688. The molecule has 1 heterocycles. The number of carboxylic acid groups (broad SMARTS) is 1. The standard InChI is InChI=1S/C12H7FN2O4S/c13-9-5-8(15(18)19)2-3-10(9)20-11-4-1-7(6-14-11)12(16)17/h1-6H,(H,16,17). The molecule has 0 radical (unpaired) electrons. The molecule has 0 fully saturated rings. The first-order valence-electron chi connectivity index (χ1n) is 5.28. The Hall–Kier alpha value is -2.48. The van der Waals surface area contributed by atoms with E-state index in [1.807, 2.05) is 0 Å². The maximum atomic E-state index is 13.7. The van der Waals surface area contributed by atoms with Gasteiger partial charge in [0.1, 0.15) is 10.8 Å². The van der Waals surface area contributed by atoms with E-state index in [2.05, 4.69) is 4.98 Å². The number of aromatic nitrogens is 1. The normalized spacial score (nSPS) is 10.2. The van der Waals surface area contributed by atoms with Gasteiger partial charge in [-0.2, -0.15) is 0 Å². The van der Waals surface area contributed by atoms with Gasteiger partial charge in [0.15, 0.2) is 0 Å². The first kappa shape index (κ1) is 13.9. The molecular formula is C12H7FN2O4S. The number of benzene rings is 1. The van der Waals surface area contributed by atoms with E-state index in [0.29, 0.717) is 5.03 Å². The molecular weight excluding hydrogens is 287 g/mol. The molecule has 0 aliphatic carbocycles. The number of halogens is 1. The van der Waals surface area contributed by atoms with E-state index in [1.54, 1.807) is 0 Å². The number of hydrogen-bond donors (Lipinski definition) is 1. The molecule has 0 saturated heterocycles. The average molecular weight is 294 g/mol. The Labute approximate surface area is 116 Å². The van der Waals surface area contributed by atoms with Crippen LogP contribution in [0.3, 0.4) is 0 Å². The van der Waals surface area contributed by atoms with Crippen molar-refractivity contribution >= 4 is 23.4 Å². The number of nitro groups is 1. The lowest BCUT2D eigenvalue weighted by molar-refractivity contribution is -0.385. The molecule has 0 spiro atoms. The highest BCUT2D eigenvalue weighted by Crippen LogP contribution is 2.30. The number of nitrogens with zero attached hydrogens (tertiary/aromatic N) is 2. The van der Waals surface area contributed by atoms with Crippen LogP contribution < -0.4 is 0 Å². The summed E-state index contributed by atoms with van der Waals surface area (Å²) in [5, 5.41) is 19.6. The van der Waals surface area contributed by atoms with Gasteiger partial charge in [0, 0.05) is 12.3 Å². The van der Waals surface area contributed by atoms with E-state index in [4.69, 9.17) is 5.11 Å². The maximum absolute atomic E-state index is 13.7. The highest BCUT2D eigenvalue weighted by Gasteiger charge is 2.12. The molecule has 0 atom stereocenters. The molecule has 2 rings (SSSR count). The fourth-order valence-corrected chi connectivity index (χ4v) is 2.13. The van der Waals surface area contributed by atoms with Crippen molar-refractivity contribution < 1.29 is 19.2 Å². The van der Waals surface area contributed by atoms with Crippen molar-refractivity contribution in [3.63, 3.8) is 0 Å². The lowest BCUT2D eigenvalue weighted by Crippen LogP contribution is -1.96. The van der Waals surface area contributed by atoms with Crippen molar-refractivity contribution in [1.82, 2.24) is 4.98 Å². The third kappa shape index (κ3) is 3.09. The minimum absolute atomic E-state index is 0.0264. The average Bonchev–Trinajstić information content (AvgIpc) is 2.41. The van der Waals surface area contributed by atoms with Crippen LogP contribution in [0.2, 0.25) is 0 Å². The van der Waals surface area contributed by atoms with Crippen LogP contribution in [-0.4, -0.2) is 21.0 Å². The lowest BCUT2D eigenvalue weighted by atomic mass is 10.3. The number of carboxylic acids is 1. The van der Waals surface area contributed by atoms with Gasteiger partial charge in [-0.15, -0.1) is 0 Å². The fourth-order valence-electron chi connectivity index (χ4n) is 1.37. The van der Waals surface area contributed by atoms with Crippen molar-refractivity contribution in [3.8, 4) is 0 Å². The van der Waals surface area contributed by atoms with Gasteiger partial charge in [-0.05, 0) is 18.2 Å². The molecule has 0 aliphatic heterocycles. The summed E-state index contributed by atoms with van der Waals surface area (Å²) in [4.78, 5) is 24.5. The summed E-state index contributed by atoms with van der Waals surface area (Å²) >= 11 is 0.953. The minimum atomic E-state index is -1.10. The topological polar surface area (TPSA) is 93.3 Å². The number of non-ortho nitro benzene ring substituents is 1. The third-order valence-corrected chi connectivity index (χ3v) is 3.33. The third-order valence-electron chi connectivity index (χ3n) is 2.32. The van der Waals surface area contributed by atoms with E-state index < -0.39 is 16.7 Å². The molecule has 1 aromatic heterocycles. The molecule has 1 aromatic carbocycles. The summed E-state index contributed by atoms with van der Waals surface area (Å²) < 4.78 is 13.7. The van der Waals surface area contributed by atoms with Crippen LogP contribution in [0, 0.1) is 15.9 Å². The lowest BCUT2D eigenvalue weighted by Gasteiger charge is -2.02. The molecule has 6 nitrogen and oxygen atoms in total. The highest BCUT2D eigenvalue weighted by molar-refractivity contribution is 7.99. The van der Waals surface area contributed by atoms with Gasteiger partial charge < -0.3 is 5.11 Å². The van der Waals surface area contributed by atoms with Crippen LogP contribution in [0.1, 0.15) is 10.4 Å². The van der Waals surface area contributed by atoms with Crippen LogP contribution in [0.25, 0.3) is 0 Å². The largest absolute Gasteiger partial charge is 0.478 e. The second kappa shape index (κ2) is 5.66. The number of nitro benzene ring substituents is 1. The number of hydrogen-bond acceptors (Lipinski definition) is 5. The van der Waals surface area contributed by atoms with Crippen LogP contribution in [0.15, 0.2) is 46.5 Å². The van der Waals surface area contributed by atoms with Crippen molar-refractivity contribution in [1.29, 1.82) is 0 Å². The van der Waals surface area contributed by atoms with Gasteiger partial charge in [-0.25, -0.2) is 14.2 Å². The van der Waals surface area contributed by atoms with E-state index in [9.17, 15) is 19.3 Å². The number of pyridine rings is 1. The van der Waals surface area contributed by atoms with Gasteiger partial charge in [0.25, 0.3) is 5.69 Å². The minimum Gasteiger partial charge on any atom is -0.478 e. The molecule has 0 unspecified atom stereocenters. The van der Waals surface area contributed by atoms with E-state index in [1.165, 1.54) is 24.3 Å². The van der Waals surface area contributed by atoms with E-state index in [-0.39, 0.29) is 16.1 Å². The first-order chi connectivity index (χ1) is 9.47. The smallest absolute Gasteiger partial charge is 0.337 e. The zero-order chi connectivity index (χ0) is 14.7. The molecule has 8 heteroatoms. The molecule has 102 valence electrons. The van der Waals surface area contributed by atoms with Gasteiger partial charge in [0.2, 0.25) is 0 Å². The maximum Gasteiger partial charge on any atom is 0.337 e. The SMILES string of the molecule is O=C(O)c1ccc(Sc2ccc([N+](=O)[O-])cc2F)nc1. The van der Waals surface area contributed by atoms with Crippen molar-refractivity contribution in [3.05, 3.63) is 58.0 Å². The van der Waals surface area contributed by atoms with Gasteiger partial charge in [-0.1, -0.05) is 11.8 Å². The molecule has 20 heavy (non-hydrogen) atoms. The van der Waals surface area contributed by atoms with Crippen LogP contribution in [0.5, 0.6) is 0 Å². The summed E-state index contributed by atoms with van der Waals surface area (Å²) in [6.07, 6.45) is 1.16. The van der Waals surface area contributed by atoms with Gasteiger partial charge >= 0.3 is 5.97 Å². The Morgan fingerprint density at radius 3 is 2.60 bits per heavy atom. The first-order valence-corrected chi connectivity index (χ1v) is 6.10. The summed E-state index contributed by atoms with van der Waals surface area (Å²) in [7, 11) is 0. The number of aromatic carboxylic acids is 1. The Morgan fingerprint density at radius 2 is 2.10 bits per heavy atom. The molecule has 1 N–H and O–H groups in total. The predicted octanol–water partition coefficient (Wildman–Crippen LogP) is 2.98. The van der Waals surface area contributed by atoms with Crippen molar-refractivity contribution in [2.45, 2.75) is 9.92 Å². The van der Waals surface area contributed by atoms with E-state index >= 15 is 0 Å². The molecule has 2 aromatic rings. The predicted molar refractivity (Wildman–Crippen MR) is 68.4 cm³/mol. The zero-order valence-electron chi connectivity index (χ0n) is 9.82. The number of rotatable bonds is 4. The molecule has 0 aliphatic rings. The summed E-state index contributed by atoms with van der Waals surface area (Å²) in [5.74, 6) is -1.83. The summed E-state index contributed by atoms with van der Waals surface area (Å²) in [6.45, 7) is 0. The van der Waals surface area contributed by atoms with E-state index in [0.717, 1.165) is 24.0 Å².